The summed E-state index contributed by atoms with van der Waals surface area (Å²) in [4.78, 5) is 4.03. The predicted octanol–water partition coefficient (Wildman–Crippen LogP) is 1.64. The van der Waals surface area contributed by atoms with Gasteiger partial charge in [-0.1, -0.05) is 0 Å². The van der Waals surface area contributed by atoms with Gasteiger partial charge in [0.05, 0.1) is 24.9 Å². The van der Waals surface area contributed by atoms with E-state index in [0.717, 1.165) is 5.69 Å². The van der Waals surface area contributed by atoms with Crippen LogP contribution in [0.5, 0.6) is 0 Å². The van der Waals surface area contributed by atoms with Gasteiger partial charge in [0.2, 0.25) is 0 Å². The molecule has 1 aromatic rings. The van der Waals surface area contributed by atoms with Crippen LogP contribution in [-0.4, -0.2) is 30.0 Å². The quantitative estimate of drug-likeness (QED) is 0.802. The topological polar surface area (TPSA) is 43.4 Å². The van der Waals surface area contributed by atoms with Crippen molar-refractivity contribution in [1.82, 2.24) is 4.98 Å². The molecule has 2 rings (SSSR count). The number of nitrogens with one attached hydrogen (secondary N) is 1. The summed E-state index contributed by atoms with van der Waals surface area (Å²) in [6.07, 6.45) is 3.54. The third-order valence-electron chi connectivity index (χ3n) is 2.30. The number of hydrogen-bond acceptors (Lipinski definition) is 4. The minimum Gasteiger partial charge on any atom is -0.376 e. The van der Waals surface area contributed by atoms with Gasteiger partial charge in [-0.2, -0.15) is 0 Å². The second-order valence-corrected chi connectivity index (χ2v) is 4.10. The fourth-order valence-electron chi connectivity index (χ4n) is 1.46. The maximum atomic E-state index is 5.54. The van der Waals surface area contributed by atoms with Crippen molar-refractivity contribution >= 4 is 5.69 Å². The first-order valence-corrected chi connectivity index (χ1v) is 5.10. The molecular weight excluding hydrogens is 192 g/mol. The van der Waals surface area contributed by atoms with Crippen LogP contribution in [0.1, 0.15) is 13.8 Å². The molecule has 0 saturated carbocycles. The Labute approximate surface area is 89.6 Å². The van der Waals surface area contributed by atoms with E-state index >= 15 is 0 Å². The average Bonchev–Trinajstić information content (AvgIpc) is 2.23. The Bertz CT molecular complexity index is 304. The summed E-state index contributed by atoms with van der Waals surface area (Å²) in [5.74, 6) is -0.451. The molecule has 1 saturated heterocycles. The van der Waals surface area contributed by atoms with E-state index in [-0.39, 0.29) is 6.04 Å². The summed E-state index contributed by atoms with van der Waals surface area (Å²) in [6, 6.07) is 4.08. The molecular formula is C11H16N2O2. The molecule has 4 nitrogen and oxygen atoms in total. The second-order valence-electron chi connectivity index (χ2n) is 4.10. The molecule has 0 spiro atoms. The lowest BCUT2D eigenvalue weighted by Crippen LogP contribution is -2.45. The van der Waals surface area contributed by atoms with Crippen LogP contribution in [0.4, 0.5) is 5.69 Å². The highest BCUT2D eigenvalue weighted by Crippen LogP contribution is 2.18. The van der Waals surface area contributed by atoms with E-state index in [9.17, 15) is 0 Å². The lowest BCUT2D eigenvalue weighted by atomic mass is 10.2. The molecule has 1 aliphatic rings. The van der Waals surface area contributed by atoms with Crippen LogP contribution in [-0.2, 0) is 9.47 Å². The number of hydrogen-bond donors (Lipinski definition) is 1. The van der Waals surface area contributed by atoms with Gasteiger partial charge in [0.25, 0.3) is 0 Å². The fourth-order valence-corrected chi connectivity index (χ4v) is 1.46. The maximum absolute atomic E-state index is 5.54. The van der Waals surface area contributed by atoms with Crippen LogP contribution in [0.2, 0.25) is 0 Å². The highest BCUT2D eigenvalue weighted by atomic mass is 16.7. The first-order chi connectivity index (χ1) is 7.16. The van der Waals surface area contributed by atoms with E-state index < -0.39 is 5.79 Å². The zero-order chi connectivity index (χ0) is 10.7. The highest BCUT2D eigenvalue weighted by Gasteiger charge is 2.27. The molecule has 0 aromatic carbocycles. The normalized spacial score (nSPS) is 21.2. The van der Waals surface area contributed by atoms with Crippen LogP contribution < -0.4 is 5.32 Å². The van der Waals surface area contributed by atoms with Gasteiger partial charge in [-0.25, -0.2) is 0 Å². The molecule has 1 N–H and O–H groups in total. The molecule has 0 unspecified atom stereocenters. The van der Waals surface area contributed by atoms with Gasteiger partial charge in [-0.05, 0) is 26.0 Å². The number of anilines is 1. The Morgan fingerprint density at radius 3 is 2.73 bits per heavy atom. The molecule has 0 amide bonds. The summed E-state index contributed by atoms with van der Waals surface area (Å²) in [7, 11) is 0. The van der Waals surface area contributed by atoms with Gasteiger partial charge in [0.15, 0.2) is 5.79 Å². The SMILES string of the molecule is CC1(C)OCC(Nc2cccnc2)CO1. The summed E-state index contributed by atoms with van der Waals surface area (Å²) < 4.78 is 11.1. The molecule has 1 fully saturated rings. The standard InChI is InChI=1S/C11H16N2O2/c1-11(2)14-7-10(8-15-11)13-9-4-3-5-12-6-9/h3-6,10,13H,7-8H2,1-2H3. The Kier molecular flexibility index (Phi) is 2.88. The molecule has 15 heavy (non-hydrogen) atoms. The molecule has 0 atom stereocenters. The molecule has 1 aliphatic heterocycles. The van der Waals surface area contributed by atoms with Crippen LogP contribution in [0.25, 0.3) is 0 Å². The summed E-state index contributed by atoms with van der Waals surface area (Å²) in [5.41, 5.74) is 0.995. The van der Waals surface area contributed by atoms with E-state index in [1.807, 2.05) is 26.0 Å². The minimum atomic E-state index is -0.451. The summed E-state index contributed by atoms with van der Waals surface area (Å²) >= 11 is 0. The first kappa shape index (κ1) is 10.4. The fraction of sp³-hybridized carbons (Fsp3) is 0.545. The molecule has 82 valence electrons. The number of ether oxygens (including phenoxy) is 2. The van der Waals surface area contributed by atoms with Gasteiger partial charge in [-0.15, -0.1) is 0 Å². The third-order valence-corrected chi connectivity index (χ3v) is 2.30. The summed E-state index contributed by atoms with van der Waals surface area (Å²) in [5, 5.41) is 3.31. The number of rotatable bonds is 2. The Hall–Kier alpha value is -1.13. The van der Waals surface area contributed by atoms with Crippen molar-refractivity contribution in [3.8, 4) is 0 Å². The van der Waals surface area contributed by atoms with E-state index in [4.69, 9.17) is 9.47 Å². The van der Waals surface area contributed by atoms with Crippen LogP contribution in [0.15, 0.2) is 24.5 Å². The van der Waals surface area contributed by atoms with Gasteiger partial charge >= 0.3 is 0 Å². The Morgan fingerprint density at radius 1 is 1.40 bits per heavy atom. The molecule has 4 heteroatoms. The van der Waals surface area contributed by atoms with Crippen molar-refractivity contribution in [2.45, 2.75) is 25.7 Å². The molecule has 0 aliphatic carbocycles. The van der Waals surface area contributed by atoms with Crippen molar-refractivity contribution in [2.24, 2.45) is 0 Å². The van der Waals surface area contributed by atoms with E-state index in [1.54, 1.807) is 12.4 Å². The molecule has 2 heterocycles. The Morgan fingerprint density at radius 2 is 2.13 bits per heavy atom. The minimum absolute atomic E-state index is 0.197. The van der Waals surface area contributed by atoms with Crippen molar-refractivity contribution in [3.63, 3.8) is 0 Å². The van der Waals surface area contributed by atoms with Crippen molar-refractivity contribution in [3.05, 3.63) is 24.5 Å². The smallest absolute Gasteiger partial charge is 0.162 e. The lowest BCUT2D eigenvalue weighted by Gasteiger charge is -2.35. The zero-order valence-corrected chi connectivity index (χ0v) is 9.06. The van der Waals surface area contributed by atoms with Crippen molar-refractivity contribution in [1.29, 1.82) is 0 Å². The average molecular weight is 208 g/mol. The van der Waals surface area contributed by atoms with Crippen LogP contribution in [0, 0.1) is 0 Å². The monoisotopic (exact) mass is 208 g/mol. The van der Waals surface area contributed by atoms with Gasteiger partial charge in [-0.3, -0.25) is 4.98 Å². The summed E-state index contributed by atoms with van der Waals surface area (Å²) in [6.45, 7) is 5.16. The third kappa shape index (κ3) is 2.91. The van der Waals surface area contributed by atoms with Crippen molar-refractivity contribution < 1.29 is 9.47 Å². The van der Waals surface area contributed by atoms with E-state index in [2.05, 4.69) is 10.3 Å². The maximum Gasteiger partial charge on any atom is 0.162 e. The number of nitrogens with zero attached hydrogens (tertiary/aromatic N) is 1. The molecule has 0 bridgehead atoms. The van der Waals surface area contributed by atoms with Gasteiger partial charge in [0, 0.05) is 12.4 Å². The number of aromatic nitrogens is 1. The predicted molar refractivity (Wildman–Crippen MR) is 57.6 cm³/mol. The highest BCUT2D eigenvalue weighted by molar-refractivity contribution is 5.40. The zero-order valence-electron chi connectivity index (χ0n) is 9.06. The van der Waals surface area contributed by atoms with E-state index in [0.29, 0.717) is 13.2 Å². The first-order valence-electron chi connectivity index (χ1n) is 5.10. The molecule has 0 radical (unpaired) electrons. The van der Waals surface area contributed by atoms with E-state index in [1.165, 1.54) is 0 Å². The van der Waals surface area contributed by atoms with Gasteiger partial charge < -0.3 is 14.8 Å². The lowest BCUT2D eigenvalue weighted by molar-refractivity contribution is -0.247. The van der Waals surface area contributed by atoms with Crippen LogP contribution in [0.3, 0.4) is 0 Å². The molecule has 1 aromatic heterocycles. The largest absolute Gasteiger partial charge is 0.376 e. The van der Waals surface area contributed by atoms with Gasteiger partial charge in [0.1, 0.15) is 0 Å². The second kappa shape index (κ2) is 4.16. The number of pyridine rings is 1. The van der Waals surface area contributed by atoms with Crippen LogP contribution >= 0.6 is 0 Å². The van der Waals surface area contributed by atoms with Crippen molar-refractivity contribution in [2.75, 3.05) is 18.5 Å². The Balaban J connectivity index is 1.88.